The van der Waals surface area contributed by atoms with Crippen molar-refractivity contribution in [1.82, 2.24) is 0 Å². The Kier molecular flexibility index (Phi) is 5.09. The molecule has 5 nitrogen and oxygen atoms in total. The molecule has 0 N–H and O–H groups in total. The van der Waals surface area contributed by atoms with Crippen molar-refractivity contribution in [1.29, 1.82) is 0 Å². The molecule has 1 saturated heterocycles. The number of hydrogen-bond acceptors (Lipinski definition) is 5. The third-order valence-electron chi connectivity index (χ3n) is 9.11. The monoisotopic (exact) mass is 424 g/mol. The van der Waals surface area contributed by atoms with E-state index >= 15 is 0 Å². The Hall–Kier alpha value is -0.433. The van der Waals surface area contributed by atoms with Crippen molar-refractivity contribution in [3.05, 3.63) is 0 Å². The summed E-state index contributed by atoms with van der Waals surface area (Å²) in [5.74, 6) is -0.602. The van der Waals surface area contributed by atoms with Gasteiger partial charge in [0.15, 0.2) is 14.1 Å². The van der Waals surface area contributed by atoms with Crippen LogP contribution in [0.4, 0.5) is 0 Å². The van der Waals surface area contributed by atoms with Crippen LogP contribution in [0.1, 0.15) is 66.7 Å². The molecule has 0 unspecified atom stereocenters. The van der Waals surface area contributed by atoms with Crippen molar-refractivity contribution < 1.29 is 23.4 Å². The van der Waals surface area contributed by atoms with E-state index in [1.54, 1.807) is 0 Å². The maximum absolute atomic E-state index is 13.3. The van der Waals surface area contributed by atoms with Gasteiger partial charge in [0.2, 0.25) is 0 Å². The first-order valence-electron chi connectivity index (χ1n) is 11.5. The molecule has 5 rings (SSSR count). The molecule has 0 aromatic heterocycles. The topological polar surface area (TPSA) is 54.0 Å². The molecular weight excluding hydrogens is 384 g/mol. The summed E-state index contributed by atoms with van der Waals surface area (Å²) in [4.78, 5) is 13.3. The van der Waals surface area contributed by atoms with E-state index in [0.29, 0.717) is 19.8 Å². The highest BCUT2D eigenvalue weighted by molar-refractivity contribution is 6.74. The van der Waals surface area contributed by atoms with Crippen LogP contribution >= 0.6 is 0 Å². The Bertz CT molecular complexity index is 665. The number of hydrogen-bond donors (Lipinski definition) is 0. The molecule has 0 aromatic rings. The Labute approximate surface area is 177 Å². The summed E-state index contributed by atoms with van der Waals surface area (Å²) in [6, 6.07) is 0. The number of carbonyl (C=O) groups is 1. The molecular formula is C23H40O5Si. The summed E-state index contributed by atoms with van der Waals surface area (Å²) in [5.41, 5.74) is -0.298. The van der Waals surface area contributed by atoms with Gasteiger partial charge in [-0.25, -0.2) is 0 Å². The lowest BCUT2D eigenvalue weighted by atomic mass is 9.43. The molecule has 1 heterocycles. The third-order valence-corrected chi connectivity index (χ3v) is 13.6. The first-order chi connectivity index (χ1) is 13.4. The quantitative estimate of drug-likeness (QED) is 0.475. The number of fused-ring (bicyclic) bond motifs is 1. The molecule has 2 spiro atoms. The lowest BCUT2D eigenvalue weighted by Crippen LogP contribution is -2.69. The predicted octanol–water partition coefficient (Wildman–Crippen LogP) is 4.90. The van der Waals surface area contributed by atoms with Crippen molar-refractivity contribution >= 4 is 14.3 Å². The van der Waals surface area contributed by atoms with Crippen LogP contribution in [-0.4, -0.2) is 46.0 Å². The Balaban J connectivity index is 1.76. The Morgan fingerprint density at radius 1 is 1.14 bits per heavy atom. The lowest BCUT2D eigenvalue weighted by Gasteiger charge is -2.65. The van der Waals surface area contributed by atoms with Crippen LogP contribution in [0.5, 0.6) is 0 Å². The first-order valence-corrected chi connectivity index (χ1v) is 14.4. The fourth-order valence-corrected chi connectivity index (χ4v) is 8.14. The van der Waals surface area contributed by atoms with Crippen LogP contribution in [0, 0.1) is 22.7 Å². The van der Waals surface area contributed by atoms with Crippen molar-refractivity contribution in [2.24, 2.45) is 22.7 Å². The zero-order valence-electron chi connectivity index (χ0n) is 19.4. The summed E-state index contributed by atoms with van der Waals surface area (Å²) in [6.45, 7) is 17.4. The SMILES string of the molecule is CCOC(=O)[C@H]1[C@@H]2[C@H](O[Si](C)(C)C(C)(C)C)CC[C@]23CC[C@@]1(C)CC31OCCO1. The number of esters is 1. The maximum Gasteiger partial charge on any atom is 0.309 e. The summed E-state index contributed by atoms with van der Waals surface area (Å²) < 4.78 is 25.4. The molecule has 4 aliphatic carbocycles. The van der Waals surface area contributed by atoms with E-state index in [9.17, 15) is 4.79 Å². The highest BCUT2D eigenvalue weighted by Gasteiger charge is 2.76. The van der Waals surface area contributed by atoms with Crippen molar-refractivity contribution in [2.75, 3.05) is 19.8 Å². The van der Waals surface area contributed by atoms with Crippen molar-refractivity contribution in [3.63, 3.8) is 0 Å². The minimum absolute atomic E-state index is 0.0392. The van der Waals surface area contributed by atoms with Crippen molar-refractivity contribution in [3.8, 4) is 0 Å². The molecule has 2 bridgehead atoms. The van der Waals surface area contributed by atoms with Gasteiger partial charge in [0, 0.05) is 23.9 Å². The van der Waals surface area contributed by atoms with Gasteiger partial charge in [0.05, 0.1) is 25.7 Å². The van der Waals surface area contributed by atoms with Crippen LogP contribution in [0.25, 0.3) is 0 Å². The van der Waals surface area contributed by atoms with Gasteiger partial charge in [0.25, 0.3) is 0 Å². The molecule has 166 valence electrons. The number of rotatable bonds is 4. The molecule has 5 atom stereocenters. The Morgan fingerprint density at radius 3 is 2.38 bits per heavy atom. The zero-order chi connectivity index (χ0) is 21.3. The lowest BCUT2D eigenvalue weighted by molar-refractivity contribution is -0.331. The van der Waals surface area contributed by atoms with Gasteiger partial charge in [0.1, 0.15) is 0 Å². The van der Waals surface area contributed by atoms with Crippen LogP contribution in [0.15, 0.2) is 0 Å². The van der Waals surface area contributed by atoms with E-state index in [-0.39, 0.29) is 39.8 Å². The molecule has 5 aliphatic rings. The van der Waals surface area contributed by atoms with Crippen molar-refractivity contribution in [2.45, 2.75) is 96.7 Å². The first kappa shape index (κ1) is 21.8. The molecule has 1 aliphatic heterocycles. The zero-order valence-corrected chi connectivity index (χ0v) is 20.4. The highest BCUT2D eigenvalue weighted by atomic mass is 28.4. The van der Waals surface area contributed by atoms with E-state index < -0.39 is 14.1 Å². The molecule has 0 aromatic carbocycles. The summed E-state index contributed by atoms with van der Waals surface area (Å²) in [5, 5.41) is 0.137. The van der Waals surface area contributed by atoms with E-state index in [2.05, 4.69) is 40.8 Å². The number of ether oxygens (including phenoxy) is 3. The predicted molar refractivity (Wildman–Crippen MR) is 114 cm³/mol. The molecule has 0 radical (unpaired) electrons. The normalized spacial score (nSPS) is 41.0. The van der Waals surface area contributed by atoms with E-state index in [1.165, 1.54) is 0 Å². The van der Waals surface area contributed by atoms with E-state index in [1.807, 2.05) is 6.92 Å². The maximum atomic E-state index is 13.3. The van der Waals surface area contributed by atoms with E-state index in [4.69, 9.17) is 18.6 Å². The molecule has 4 saturated carbocycles. The van der Waals surface area contributed by atoms with E-state index in [0.717, 1.165) is 32.1 Å². The second-order valence-electron chi connectivity index (χ2n) is 11.6. The minimum atomic E-state index is -1.97. The second-order valence-corrected chi connectivity index (χ2v) is 16.4. The number of carbonyl (C=O) groups excluding carboxylic acids is 1. The van der Waals surface area contributed by atoms with Crippen LogP contribution in [0.2, 0.25) is 18.1 Å². The summed E-state index contributed by atoms with van der Waals surface area (Å²) in [7, 11) is -1.97. The second kappa shape index (κ2) is 6.78. The van der Waals surface area contributed by atoms with Gasteiger partial charge < -0.3 is 18.6 Å². The van der Waals surface area contributed by atoms with Gasteiger partial charge in [-0.15, -0.1) is 0 Å². The highest BCUT2D eigenvalue weighted by Crippen LogP contribution is 2.74. The van der Waals surface area contributed by atoms with Gasteiger partial charge in [-0.1, -0.05) is 27.7 Å². The van der Waals surface area contributed by atoms with Gasteiger partial charge in [-0.2, -0.15) is 0 Å². The van der Waals surface area contributed by atoms with Gasteiger partial charge in [-0.05, 0) is 56.2 Å². The van der Waals surface area contributed by atoms with Crippen LogP contribution in [-0.2, 0) is 23.4 Å². The Morgan fingerprint density at radius 2 is 1.79 bits per heavy atom. The molecule has 6 heteroatoms. The fraction of sp³-hybridized carbons (Fsp3) is 0.957. The standard InChI is InChI=1S/C23H40O5Si/c1-8-25-19(24)18-17-16(28-29(6,7)20(2,3)4)9-10-22(17)12-11-21(18,5)15-23(22)26-13-14-27-23/h16-18H,8-15H2,1-7H3/t16-,17+,18-,21+,22+/m1/s1. The molecule has 5 fully saturated rings. The summed E-state index contributed by atoms with van der Waals surface area (Å²) in [6.07, 6.45) is 4.97. The minimum Gasteiger partial charge on any atom is -0.466 e. The largest absolute Gasteiger partial charge is 0.466 e. The average Bonchev–Trinajstić information content (AvgIpc) is 3.20. The fourth-order valence-electron chi connectivity index (χ4n) is 6.76. The molecule has 29 heavy (non-hydrogen) atoms. The van der Waals surface area contributed by atoms with Crippen LogP contribution < -0.4 is 0 Å². The average molecular weight is 425 g/mol. The summed E-state index contributed by atoms with van der Waals surface area (Å²) >= 11 is 0. The van der Waals surface area contributed by atoms with Crippen LogP contribution in [0.3, 0.4) is 0 Å². The molecule has 0 amide bonds. The smallest absolute Gasteiger partial charge is 0.309 e. The van der Waals surface area contributed by atoms with Gasteiger partial charge >= 0.3 is 5.97 Å². The third kappa shape index (κ3) is 2.99. The van der Waals surface area contributed by atoms with Gasteiger partial charge in [-0.3, -0.25) is 4.79 Å².